The molecule has 0 rings (SSSR count). The van der Waals surface area contributed by atoms with Crippen molar-refractivity contribution < 1.29 is 19.1 Å². The molecule has 5 nitrogen and oxygen atoms in total. The van der Waals surface area contributed by atoms with Crippen LogP contribution in [-0.2, 0) is 14.3 Å². The molecule has 0 aromatic carbocycles. The zero-order valence-electron chi connectivity index (χ0n) is 10.8. The fourth-order valence-electron chi connectivity index (χ4n) is 1.02. The number of hydrogen-bond donors (Lipinski definition) is 1. The topological polar surface area (TPSA) is 64.6 Å². The molecule has 0 aromatic heterocycles. The van der Waals surface area contributed by atoms with Gasteiger partial charge >= 0.3 is 6.09 Å². The third kappa shape index (κ3) is 5.70. The minimum Gasteiger partial charge on any atom is -0.444 e. The molecule has 1 amide bonds. The van der Waals surface area contributed by atoms with Crippen LogP contribution in [0.15, 0.2) is 0 Å². The van der Waals surface area contributed by atoms with Gasteiger partial charge in [-0.1, -0.05) is 0 Å². The first-order chi connectivity index (χ1) is 7.17. The predicted octanol–water partition coefficient (Wildman–Crippen LogP) is 1.50. The van der Waals surface area contributed by atoms with Crippen LogP contribution in [0.5, 0.6) is 0 Å². The molecule has 0 saturated carbocycles. The molecule has 16 heavy (non-hydrogen) atoms. The summed E-state index contributed by atoms with van der Waals surface area (Å²) in [5.41, 5.74) is -0.570. The van der Waals surface area contributed by atoms with Gasteiger partial charge in [-0.2, -0.15) is 0 Å². The van der Waals surface area contributed by atoms with Crippen molar-refractivity contribution in [2.75, 3.05) is 7.11 Å². The monoisotopic (exact) mass is 231 g/mol. The Bertz CT molecular complexity index is 257. The predicted molar refractivity (Wildman–Crippen MR) is 60.3 cm³/mol. The molecule has 2 atom stereocenters. The first-order valence-corrected chi connectivity index (χ1v) is 5.23. The van der Waals surface area contributed by atoms with Gasteiger partial charge in [-0.25, -0.2) is 4.79 Å². The van der Waals surface area contributed by atoms with Crippen LogP contribution >= 0.6 is 0 Å². The molecular weight excluding hydrogens is 210 g/mol. The van der Waals surface area contributed by atoms with Gasteiger partial charge < -0.3 is 14.8 Å². The number of ketones is 1. The number of carbonyl (C=O) groups is 2. The van der Waals surface area contributed by atoms with Crippen LogP contribution in [0.1, 0.15) is 34.6 Å². The lowest BCUT2D eigenvalue weighted by molar-refractivity contribution is -0.129. The first kappa shape index (κ1) is 14.9. The van der Waals surface area contributed by atoms with Crippen molar-refractivity contribution in [1.29, 1.82) is 0 Å². The number of Topliss-reactive ketones (excluding diaryl/α,β-unsaturated/α-hetero) is 1. The molecule has 0 fully saturated rings. The van der Waals surface area contributed by atoms with Gasteiger partial charge in [0, 0.05) is 7.11 Å². The van der Waals surface area contributed by atoms with Crippen LogP contribution in [0.25, 0.3) is 0 Å². The summed E-state index contributed by atoms with van der Waals surface area (Å²) in [6.07, 6.45) is -1.14. The van der Waals surface area contributed by atoms with Crippen molar-refractivity contribution in [3.05, 3.63) is 0 Å². The van der Waals surface area contributed by atoms with Crippen LogP contribution in [-0.4, -0.2) is 36.7 Å². The van der Waals surface area contributed by atoms with Gasteiger partial charge in [0.2, 0.25) is 0 Å². The quantitative estimate of drug-likeness (QED) is 0.796. The van der Waals surface area contributed by atoms with E-state index < -0.39 is 23.8 Å². The van der Waals surface area contributed by atoms with Crippen LogP contribution in [0, 0.1) is 0 Å². The number of amides is 1. The normalized spacial score (nSPS) is 15.1. The molecule has 0 spiro atoms. The molecule has 0 aliphatic heterocycles. The van der Waals surface area contributed by atoms with Crippen LogP contribution in [0.2, 0.25) is 0 Å². The zero-order chi connectivity index (χ0) is 12.9. The van der Waals surface area contributed by atoms with Gasteiger partial charge in [-0.3, -0.25) is 4.79 Å². The molecule has 0 bridgehead atoms. The molecule has 1 unspecified atom stereocenters. The highest BCUT2D eigenvalue weighted by Crippen LogP contribution is 2.07. The molecule has 0 saturated heterocycles. The molecule has 5 heteroatoms. The Hall–Kier alpha value is -1.10. The molecule has 0 radical (unpaired) electrons. The molecule has 0 heterocycles. The zero-order valence-corrected chi connectivity index (χ0v) is 10.8. The largest absolute Gasteiger partial charge is 0.444 e. The van der Waals surface area contributed by atoms with E-state index in [1.54, 1.807) is 34.6 Å². The van der Waals surface area contributed by atoms with Gasteiger partial charge in [0.1, 0.15) is 11.7 Å². The van der Waals surface area contributed by atoms with E-state index in [2.05, 4.69) is 5.32 Å². The molecule has 0 aliphatic rings. The number of methoxy groups -OCH3 is 1. The van der Waals surface area contributed by atoms with Gasteiger partial charge in [0.25, 0.3) is 0 Å². The number of carbonyl (C=O) groups excluding carboxylic acids is 2. The van der Waals surface area contributed by atoms with E-state index in [9.17, 15) is 9.59 Å². The Kier molecular flexibility index (Phi) is 5.44. The summed E-state index contributed by atoms with van der Waals surface area (Å²) < 4.78 is 9.90. The summed E-state index contributed by atoms with van der Waals surface area (Å²) in [5.74, 6) is -0.187. The van der Waals surface area contributed by atoms with Crippen LogP contribution in [0.4, 0.5) is 4.79 Å². The first-order valence-electron chi connectivity index (χ1n) is 5.23. The lowest BCUT2D eigenvalue weighted by atomic mass is 10.1. The van der Waals surface area contributed by atoms with Gasteiger partial charge in [0.05, 0.1) is 6.04 Å². The van der Waals surface area contributed by atoms with E-state index in [0.717, 1.165) is 0 Å². The highest BCUT2D eigenvalue weighted by Gasteiger charge is 2.23. The van der Waals surface area contributed by atoms with E-state index in [0.29, 0.717) is 0 Å². The third-order valence-electron chi connectivity index (χ3n) is 1.91. The standard InChI is InChI=1S/C11H21NO4/c1-7(9(13)8(2)15-6)12-10(14)16-11(3,4)5/h7-8H,1-6H3,(H,12,14)/t7-,8?/m0/s1. The van der Waals surface area contributed by atoms with E-state index in [1.165, 1.54) is 7.11 Å². The van der Waals surface area contributed by atoms with Crippen molar-refractivity contribution in [3.8, 4) is 0 Å². The Morgan fingerprint density at radius 1 is 1.19 bits per heavy atom. The highest BCUT2D eigenvalue weighted by molar-refractivity contribution is 5.90. The molecule has 94 valence electrons. The number of hydrogen-bond acceptors (Lipinski definition) is 4. The Balaban J connectivity index is 4.20. The summed E-state index contributed by atoms with van der Waals surface area (Å²) in [4.78, 5) is 22.9. The lowest BCUT2D eigenvalue weighted by Crippen LogP contribution is -2.45. The van der Waals surface area contributed by atoms with Crippen molar-refractivity contribution >= 4 is 11.9 Å². The molecule has 0 aromatic rings. The summed E-state index contributed by atoms with van der Waals surface area (Å²) in [7, 11) is 1.45. The van der Waals surface area contributed by atoms with Crippen molar-refractivity contribution in [1.82, 2.24) is 5.32 Å². The Morgan fingerprint density at radius 2 is 1.69 bits per heavy atom. The maximum atomic E-state index is 11.6. The third-order valence-corrected chi connectivity index (χ3v) is 1.91. The lowest BCUT2D eigenvalue weighted by Gasteiger charge is -2.22. The summed E-state index contributed by atoms with van der Waals surface area (Å²) in [6.45, 7) is 8.52. The van der Waals surface area contributed by atoms with E-state index in [4.69, 9.17) is 9.47 Å². The Morgan fingerprint density at radius 3 is 2.06 bits per heavy atom. The summed E-state index contributed by atoms with van der Waals surface area (Å²) in [5, 5.41) is 2.46. The molecule has 1 N–H and O–H groups in total. The fraction of sp³-hybridized carbons (Fsp3) is 0.818. The van der Waals surface area contributed by atoms with Crippen LogP contribution in [0.3, 0.4) is 0 Å². The average molecular weight is 231 g/mol. The average Bonchev–Trinajstić information content (AvgIpc) is 2.12. The summed E-state index contributed by atoms with van der Waals surface area (Å²) in [6, 6.07) is -0.621. The second kappa shape index (κ2) is 5.84. The number of alkyl carbamates (subject to hydrolysis) is 1. The van der Waals surface area contributed by atoms with Gasteiger partial charge in [-0.05, 0) is 34.6 Å². The fourth-order valence-corrected chi connectivity index (χ4v) is 1.02. The highest BCUT2D eigenvalue weighted by atomic mass is 16.6. The minimum absolute atomic E-state index is 0.187. The smallest absolute Gasteiger partial charge is 0.408 e. The SMILES string of the molecule is COC(C)C(=O)[C@H](C)NC(=O)OC(C)(C)C. The van der Waals surface area contributed by atoms with E-state index >= 15 is 0 Å². The van der Waals surface area contributed by atoms with E-state index in [-0.39, 0.29) is 5.78 Å². The molecule has 0 aliphatic carbocycles. The van der Waals surface area contributed by atoms with E-state index in [1.807, 2.05) is 0 Å². The van der Waals surface area contributed by atoms with Gasteiger partial charge in [-0.15, -0.1) is 0 Å². The summed E-state index contributed by atoms with van der Waals surface area (Å²) >= 11 is 0. The van der Waals surface area contributed by atoms with Crippen molar-refractivity contribution in [3.63, 3.8) is 0 Å². The van der Waals surface area contributed by atoms with Crippen LogP contribution < -0.4 is 5.32 Å². The minimum atomic E-state index is -0.621. The number of rotatable bonds is 4. The second-order valence-electron chi connectivity index (χ2n) is 4.65. The number of nitrogens with one attached hydrogen (secondary N) is 1. The number of ether oxygens (including phenoxy) is 2. The maximum absolute atomic E-state index is 11.6. The second-order valence-corrected chi connectivity index (χ2v) is 4.65. The van der Waals surface area contributed by atoms with Crippen molar-refractivity contribution in [2.45, 2.75) is 52.4 Å². The maximum Gasteiger partial charge on any atom is 0.408 e. The van der Waals surface area contributed by atoms with Gasteiger partial charge in [0.15, 0.2) is 5.78 Å². The molecular formula is C11H21NO4. The van der Waals surface area contributed by atoms with Crippen molar-refractivity contribution in [2.24, 2.45) is 0 Å². The Labute approximate surface area is 96.5 Å².